The van der Waals surface area contributed by atoms with E-state index in [1.54, 1.807) is 4.90 Å². The molecule has 0 saturated carbocycles. The highest BCUT2D eigenvalue weighted by Crippen LogP contribution is 2.28. The second-order valence-electron chi connectivity index (χ2n) is 7.19. The number of halogens is 1. The topological polar surface area (TPSA) is 60.9 Å². The molecule has 26 heavy (non-hydrogen) atoms. The summed E-state index contributed by atoms with van der Waals surface area (Å²) >= 11 is 5.53. The van der Waals surface area contributed by atoms with Gasteiger partial charge in [0, 0.05) is 56.4 Å². The molecule has 1 atom stereocenters. The van der Waals surface area contributed by atoms with Crippen LogP contribution in [-0.4, -0.2) is 54.7 Å². The van der Waals surface area contributed by atoms with E-state index in [0.29, 0.717) is 6.54 Å². The van der Waals surface area contributed by atoms with E-state index in [1.165, 1.54) is 0 Å². The molecule has 1 aromatic rings. The van der Waals surface area contributed by atoms with Crippen molar-refractivity contribution in [2.45, 2.75) is 20.3 Å². The number of hydrogen-bond donors (Lipinski definition) is 0. The highest BCUT2D eigenvalue weighted by Gasteiger charge is 2.34. The number of anilines is 2. The van der Waals surface area contributed by atoms with Crippen molar-refractivity contribution < 1.29 is 14.4 Å². The molecule has 7 heteroatoms. The van der Waals surface area contributed by atoms with Gasteiger partial charge in [0.2, 0.25) is 17.1 Å². The third-order valence-electron chi connectivity index (χ3n) is 5.06. The van der Waals surface area contributed by atoms with Crippen molar-refractivity contribution in [1.29, 1.82) is 0 Å². The lowest BCUT2D eigenvalue weighted by Crippen LogP contribution is -2.49. The summed E-state index contributed by atoms with van der Waals surface area (Å²) < 4.78 is 0. The van der Waals surface area contributed by atoms with Crippen molar-refractivity contribution in [2.75, 3.05) is 42.5 Å². The van der Waals surface area contributed by atoms with Crippen LogP contribution in [-0.2, 0) is 14.4 Å². The van der Waals surface area contributed by atoms with Crippen LogP contribution >= 0.6 is 11.6 Å². The molecular formula is C19H24ClN3O3. The van der Waals surface area contributed by atoms with Crippen molar-refractivity contribution in [3.8, 4) is 0 Å². The smallest absolute Gasteiger partial charge is 0.227 e. The Kier molecular flexibility index (Phi) is 5.51. The summed E-state index contributed by atoms with van der Waals surface area (Å²) in [4.78, 5) is 41.2. The third kappa shape index (κ3) is 3.85. The second kappa shape index (κ2) is 7.66. The number of nitrogens with zero attached hydrogens (tertiary/aromatic N) is 3. The average Bonchev–Trinajstić information content (AvgIpc) is 3.03. The van der Waals surface area contributed by atoms with Crippen molar-refractivity contribution in [3.63, 3.8) is 0 Å². The van der Waals surface area contributed by atoms with Gasteiger partial charge in [-0.2, -0.15) is 0 Å². The van der Waals surface area contributed by atoms with Crippen molar-refractivity contribution in [3.05, 3.63) is 24.3 Å². The van der Waals surface area contributed by atoms with E-state index in [0.717, 1.165) is 37.6 Å². The van der Waals surface area contributed by atoms with Gasteiger partial charge in [0.25, 0.3) is 0 Å². The lowest BCUT2D eigenvalue weighted by Gasteiger charge is -2.37. The van der Waals surface area contributed by atoms with Gasteiger partial charge in [-0.15, -0.1) is 0 Å². The fourth-order valence-corrected chi connectivity index (χ4v) is 3.65. The monoisotopic (exact) mass is 377 g/mol. The van der Waals surface area contributed by atoms with Gasteiger partial charge in [0.05, 0.1) is 5.92 Å². The molecule has 1 aromatic carbocycles. The van der Waals surface area contributed by atoms with Crippen LogP contribution < -0.4 is 9.80 Å². The summed E-state index contributed by atoms with van der Waals surface area (Å²) in [6.07, 6.45) is 0.177. The Hall–Kier alpha value is -2.08. The minimum absolute atomic E-state index is 0.0301. The highest BCUT2D eigenvalue weighted by atomic mass is 35.5. The molecule has 6 nitrogen and oxygen atoms in total. The van der Waals surface area contributed by atoms with Gasteiger partial charge in [-0.25, -0.2) is 0 Å². The van der Waals surface area contributed by atoms with E-state index in [4.69, 9.17) is 11.6 Å². The highest BCUT2D eigenvalue weighted by molar-refractivity contribution is 6.64. The quantitative estimate of drug-likeness (QED) is 0.754. The summed E-state index contributed by atoms with van der Waals surface area (Å²) in [7, 11) is 0. The normalized spacial score (nSPS) is 20.8. The predicted octanol–water partition coefficient (Wildman–Crippen LogP) is 2.11. The predicted molar refractivity (Wildman–Crippen MR) is 101 cm³/mol. The first-order chi connectivity index (χ1) is 12.4. The summed E-state index contributed by atoms with van der Waals surface area (Å²) in [6.45, 7) is 7.24. The van der Waals surface area contributed by atoms with Crippen LogP contribution in [0.5, 0.6) is 0 Å². The molecule has 2 aliphatic rings. The number of carbonyl (C=O) groups excluding carboxylic acids is 3. The Morgan fingerprint density at radius 1 is 1.04 bits per heavy atom. The van der Waals surface area contributed by atoms with Crippen LogP contribution in [0.2, 0.25) is 0 Å². The lowest BCUT2D eigenvalue weighted by atomic mass is 10.1. The minimum atomic E-state index is -0.453. The number of amides is 2. The van der Waals surface area contributed by atoms with Gasteiger partial charge >= 0.3 is 0 Å². The number of hydrogen-bond acceptors (Lipinski definition) is 4. The number of rotatable bonds is 4. The summed E-state index contributed by atoms with van der Waals surface area (Å²) in [6, 6.07) is 7.77. The first-order valence-corrected chi connectivity index (χ1v) is 9.38. The van der Waals surface area contributed by atoms with Gasteiger partial charge < -0.3 is 14.7 Å². The van der Waals surface area contributed by atoms with Gasteiger partial charge in [0.1, 0.15) is 0 Å². The molecule has 0 aliphatic carbocycles. The fraction of sp³-hybridized carbons (Fsp3) is 0.526. The van der Waals surface area contributed by atoms with E-state index in [9.17, 15) is 14.4 Å². The molecule has 2 amide bonds. The van der Waals surface area contributed by atoms with Crippen LogP contribution in [0.1, 0.15) is 20.3 Å². The van der Waals surface area contributed by atoms with Crippen molar-refractivity contribution in [1.82, 2.24) is 4.90 Å². The molecule has 3 rings (SSSR count). The molecular weight excluding hydrogens is 354 g/mol. The van der Waals surface area contributed by atoms with Crippen LogP contribution in [0, 0.1) is 11.8 Å². The van der Waals surface area contributed by atoms with Crippen LogP contribution in [0.3, 0.4) is 0 Å². The zero-order valence-corrected chi connectivity index (χ0v) is 15.9. The molecule has 2 fully saturated rings. The van der Waals surface area contributed by atoms with E-state index < -0.39 is 11.2 Å². The van der Waals surface area contributed by atoms with E-state index in [2.05, 4.69) is 4.90 Å². The molecule has 2 saturated heterocycles. The third-order valence-corrected chi connectivity index (χ3v) is 5.37. The zero-order valence-electron chi connectivity index (χ0n) is 15.2. The van der Waals surface area contributed by atoms with Crippen molar-refractivity contribution >= 4 is 40.0 Å². The first-order valence-electron chi connectivity index (χ1n) is 9.00. The molecule has 0 N–H and O–H groups in total. The maximum Gasteiger partial charge on any atom is 0.227 e. The first kappa shape index (κ1) is 18.7. The summed E-state index contributed by atoms with van der Waals surface area (Å²) in [5.41, 5.74) is 1.86. The molecule has 2 aliphatic heterocycles. The zero-order chi connectivity index (χ0) is 18.8. The molecule has 0 radical (unpaired) electrons. The summed E-state index contributed by atoms with van der Waals surface area (Å²) in [5, 5.41) is -0.453. The van der Waals surface area contributed by atoms with Crippen LogP contribution in [0.4, 0.5) is 11.4 Å². The molecule has 0 spiro atoms. The van der Waals surface area contributed by atoms with Crippen LogP contribution in [0.25, 0.3) is 0 Å². The maximum absolute atomic E-state index is 12.1. The van der Waals surface area contributed by atoms with Crippen molar-refractivity contribution in [2.24, 2.45) is 11.8 Å². The van der Waals surface area contributed by atoms with Gasteiger partial charge in [-0.3, -0.25) is 14.4 Å². The second-order valence-corrected chi connectivity index (χ2v) is 7.57. The molecule has 0 unspecified atom stereocenters. The van der Waals surface area contributed by atoms with Crippen LogP contribution in [0.15, 0.2) is 24.3 Å². The SMILES string of the molecule is CC(C)C(=O)N1CCN(c2ccc(N3C[C@H](C(=O)Cl)CC3=O)cc2)CC1. The maximum atomic E-state index is 12.1. The summed E-state index contributed by atoms with van der Waals surface area (Å²) in [5.74, 6) is -0.258. The Labute approximate surface area is 158 Å². The largest absolute Gasteiger partial charge is 0.368 e. The number of piperazine rings is 1. The van der Waals surface area contributed by atoms with Gasteiger partial charge in [-0.1, -0.05) is 13.8 Å². The van der Waals surface area contributed by atoms with Gasteiger partial charge in [0.15, 0.2) is 0 Å². The Bertz CT molecular complexity index is 696. The Morgan fingerprint density at radius 3 is 2.12 bits per heavy atom. The van der Waals surface area contributed by atoms with E-state index in [1.807, 2.05) is 43.0 Å². The number of carbonyl (C=O) groups is 3. The fourth-order valence-electron chi connectivity index (χ4n) is 3.50. The lowest BCUT2D eigenvalue weighted by molar-refractivity contribution is -0.134. The van der Waals surface area contributed by atoms with E-state index >= 15 is 0 Å². The molecule has 140 valence electrons. The molecule has 2 heterocycles. The molecule has 0 bridgehead atoms. The van der Waals surface area contributed by atoms with E-state index in [-0.39, 0.29) is 24.2 Å². The van der Waals surface area contributed by atoms with Gasteiger partial charge in [-0.05, 0) is 35.9 Å². The Morgan fingerprint density at radius 2 is 1.62 bits per heavy atom. The number of benzene rings is 1. The standard InChI is InChI=1S/C19H24ClN3O3/c1-13(2)19(26)22-9-7-21(8-10-22)15-3-5-16(6-4-15)23-12-14(18(20)25)11-17(23)24/h3-6,13-14H,7-12H2,1-2H3/t14-/m1/s1. The minimum Gasteiger partial charge on any atom is -0.368 e. The molecule has 0 aromatic heterocycles. The average molecular weight is 378 g/mol. The Balaban J connectivity index is 1.61.